The Morgan fingerprint density at radius 3 is 2.67 bits per heavy atom. The Balaban J connectivity index is 2.58. The molecule has 0 spiro atoms. The molecule has 0 aromatic carbocycles. The summed E-state index contributed by atoms with van der Waals surface area (Å²) >= 11 is 7.70. The van der Waals surface area contributed by atoms with Crippen molar-refractivity contribution in [2.45, 2.75) is 32.6 Å². The maximum atomic E-state index is 6.18. The van der Waals surface area contributed by atoms with E-state index in [1.54, 1.807) is 0 Å². The van der Waals surface area contributed by atoms with Crippen molar-refractivity contribution in [2.24, 2.45) is 5.92 Å². The molecule has 68 valence electrons. The molecule has 0 amide bonds. The second-order valence-electron chi connectivity index (χ2n) is 3.47. The first-order valence-electron chi connectivity index (χ1n) is 4.17. The van der Waals surface area contributed by atoms with Gasteiger partial charge in [0.2, 0.25) is 0 Å². The van der Waals surface area contributed by atoms with Crippen molar-refractivity contribution < 1.29 is 0 Å². The Kier molecular flexibility index (Phi) is 3.53. The number of rotatable bonds is 3. The van der Waals surface area contributed by atoms with E-state index < -0.39 is 0 Å². The zero-order valence-electron chi connectivity index (χ0n) is 7.67. The van der Waals surface area contributed by atoms with Gasteiger partial charge in [0, 0.05) is 4.88 Å². The van der Waals surface area contributed by atoms with E-state index in [0.717, 1.165) is 12.1 Å². The van der Waals surface area contributed by atoms with E-state index in [-0.39, 0.29) is 5.38 Å². The summed E-state index contributed by atoms with van der Waals surface area (Å²) in [5.41, 5.74) is 1.07. The highest BCUT2D eigenvalue weighted by Crippen LogP contribution is 2.30. The molecule has 0 N–H and O–H groups in total. The average molecular weight is 204 g/mol. The quantitative estimate of drug-likeness (QED) is 0.682. The minimum atomic E-state index is 0.149. The topological polar surface area (TPSA) is 12.9 Å². The molecule has 0 aliphatic rings. The Morgan fingerprint density at radius 1 is 1.58 bits per heavy atom. The summed E-state index contributed by atoms with van der Waals surface area (Å²) in [6, 6.07) is 2.07. The van der Waals surface area contributed by atoms with Gasteiger partial charge in [-0.2, -0.15) is 4.37 Å². The van der Waals surface area contributed by atoms with Gasteiger partial charge in [-0.3, -0.25) is 0 Å². The lowest BCUT2D eigenvalue weighted by molar-refractivity contribution is 0.578. The molecule has 0 aliphatic carbocycles. The maximum absolute atomic E-state index is 6.18. The molecule has 12 heavy (non-hydrogen) atoms. The van der Waals surface area contributed by atoms with E-state index in [1.165, 1.54) is 16.4 Å². The van der Waals surface area contributed by atoms with Crippen LogP contribution in [0.25, 0.3) is 0 Å². The summed E-state index contributed by atoms with van der Waals surface area (Å²) in [5.74, 6) is 0.648. The molecule has 0 radical (unpaired) electrons. The van der Waals surface area contributed by atoms with Crippen LogP contribution in [0, 0.1) is 12.8 Å². The van der Waals surface area contributed by atoms with Crippen LogP contribution in [0.4, 0.5) is 0 Å². The molecule has 0 aliphatic heterocycles. The van der Waals surface area contributed by atoms with Crippen LogP contribution in [-0.2, 0) is 0 Å². The van der Waals surface area contributed by atoms with Crippen molar-refractivity contribution in [3.63, 3.8) is 0 Å². The predicted molar refractivity (Wildman–Crippen MR) is 54.9 cm³/mol. The summed E-state index contributed by atoms with van der Waals surface area (Å²) in [7, 11) is 0. The first-order valence-corrected chi connectivity index (χ1v) is 5.38. The molecule has 0 saturated heterocycles. The third-order valence-electron chi connectivity index (χ3n) is 1.63. The van der Waals surface area contributed by atoms with Crippen LogP contribution in [0.2, 0.25) is 0 Å². The molecule has 1 aromatic rings. The van der Waals surface area contributed by atoms with Crippen LogP contribution in [-0.4, -0.2) is 4.37 Å². The highest BCUT2D eigenvalue weighted by atomic mass is 35.5. The molecule has 1 aromatic heterocycles. The minimum Gasteiger partial charge on any atom is -0.198 e. The second-order valence-corrected chi connectivity index (χ2v) is 4.83. The fourth-order valence-electron chi connectivity index (χ4n) is 1.06. The number of aromatic nitrogens is 1. The lowest BCUT2D eigenvalue weighted by atomic mass is 10.1. The van der Waals surface area contributed by atoms with E-state index in [4.69, 9.17) is 11.6 Å². The van der Waals surface area contributed by atoms with Gasteiger partial charge in [-0.15, -0.1) is 11.6 Å². The summed E-state index contributed by atoms with van der Waals surface area (Å²) in [6.45, 7) is 6.37. The highest BCUT2D eigenvalue weighted by molar-refractivity contribution is 7.06. The first-order chi connectivity index (χ1) is 5.59. The van der Waals surface area contributed by atoms with Crippen molar-refractivity contribution in [3.8, 4) is 0 Å². The Morgan fingerprint density at radius 2 is 2.25 bits per heavy atom. The first kappa shape index (κ1) is 10.0. The van der Waals surface area contributed by atoms with Gasteiger partial charge in [0.15, 0.2) is 0 Å². The van der Waals surface area contributed by atoms with Crippen LogP contribution in [0.3, 0.4) is 0 Å². The van der Waals surface area contributed by atoms with Crippen LogP contribution >= 0.6 is 23.1 Å². The molecule has 1 nitrogen and oxygen atoms in total. The third kappa shape index (κ3) is 2.76. The van der Waals surface area contributed by atoms with Crippen molar-refractivity contribution in [1.82, 2.24) is 4.37 Å². The molecule has 0 saturated carbocycles. The van der Waals surface area contributed by atoms with Crippen molar-refractivity contribution in [1.29, 1.82) is 0 Å². The number of hydrogen-bond donors (Lipinski definition) is 0. The summed E-state index contributed by atoms with van der Waals surface area (Å²) < 4.78 is 4.20. The fraction of sp³-hybridized carbons (Fsp3) is 0.667. The van der Waals surface area contributed by atoms with Crippen molar-refractivity contribution in [3.05, 3.63) is 16.6 Å². The third-order valence-corrected chi connectivity index (χ3v) is 3.17. The van der Waals surface area contributed by atoms with E-state index in [9.17, 15) is 0 Å². The largest absolute Gasteiger partial charge is 0.198 e. The number of nitrogens with zero attached hydrogens (tertiary/aromatic N) is 1. The normalized spacial score (nSPS) is 13.8. The second kappa shape index (κ2) is 4.24. The molecule has 0 fully saturated rings. The van der Waals surface area contributed by atoms with Crippen molar-refractivity contribution >= 4 is 23.1 Å². The standard InChI is InChI=1S/C9H14ClNS/c1-6(2)4-8(10)9-5-7(3)11-12-9/h5-6,8H,4H2,1-3H3. The van der Waals surface area contributed by atoms with E-state index >= 15 is 0 Å². The molecule has 1 unspecified atom stereocenters. The van der Waals surface area contributed by atoms with Crippen LogP contribution < -0.4 is 0 Å². The van der Waals surface area contributed by atoms with Gasteiger partial charge < -0.3 is 0 Å². The van der Waals surface area contributed by atoms with Gasteiger partial charge in [-0.05, 0) is 36.9 Å². The summed E-state index contributed by atoms with van der Waals surface area (Å²) in [6.07, 6.45) is 1.03. The number of alkyl halides is 1. The Bertz CT molecular complexity index is 244. The minimum absolute atomic E-state index is 0.149. The zero-order valence-corrected chi connectivity index (χ0v) is 9.25. The zero-order chi connectivity index (χ0) is 9.14. The van der Waals surface area contributed by atoms with E-state index in [0.29, 0.717) is 5.92 Å². The SMILES string of the molecule is Cc1cc(C(Cl)CC(C)C)sn1. The average Bonchev–Trinajstić information content (AvgIpc) is 2.34. The number of hydrogen-bond acceptors (Lipinski definition) is 2. The van der Waals surface area contributed by atoms with Crippen LogP contribution in [0.15, 0.2) is 6.07 Å². The molecule has 3 heteroatoms. The van der Waals surface area contributed by atoms with Crippen LogP contribution in [0.1, 0.15) is 36.2 Å². The number of aryl methyl sites for hydroxylation is 1. The summed E-state index contributed by atoms with van der Waals surface area (Å²) in [5, 5.41) is 0.149. The number of halogens is 1. The molecular formula is C9H14ClNS. The highest BCUT2D eigenvalue weighted by Gasteiger charge is 2.12. The molecule has 1 heterocycles. The van der Waals surface area contributed by atoms with Gasteiger partial charge >= 0.3 is 0 Å². The monoisotopic (exact) mass is 203 g/mol. The maximum Gasteiger partial charge on any atom is 0.0697 e. The lowest BCUT2D eigenvalue weighted by Gasteiger charge is -2.08. The molecule has 1 atom stereocenters. The van der Waals surface area contributed by atoms with Gasteiger partial charge in [0.25, 0.3) is 0 Å². The molecule has 1 rings (SSSR count). The van der Waals surface area contributed by atoms with Gasteiger partial charge in [0.1, 0.15) is 0 Å². The summed E-state index contributed by atoms with van der Waals surface area (Å²) in [4.78, 5) is 1.20. The van der Waals surface area contributed by atoms with E-state index in [2.05, 4.69) is 24.3 Å². The predicted octanol–water partition coefficient (Wildman–Crippen LogP) is 3.78. The molecular weight excluding hydrogens is 190 g/mol. The van der Waals surface area contributed by atoms with Gasteiger partial charge in [-0.1, -0.05) is 13.8 Å². The van der Waals surface area contributed by atoms with Gasteiger partial charge in [-0.25, -0.2) is 0 Å². The van der Waals surface area contributed by atoms with Gasteiger partial charge in [0.05, 0.1) is 11.1 Å². The molecule has 0 bridgehead atoms. The Labute approximate surface area is 82.9 Å². The lowest BCUT2D eigenvalue weighted by Crippen LogP contribution is -1.93. The fourth-order valence-corrected chi connectivity index (χ4v) is 2.34. The smallest absolute Gasteiger partial charge is 0.0697 e. The van der Waals surface area contributed by atoms with Crippen LogP contribution in [0.5, 0.6) is 0 Å². The van der Waals surface area contributed by atoms with Crippen molar-refractivity contribution in [2.75, 3.05) is 0 Å². The Hall–Kier alpha value is -0.0800. The van der Waals surface area contributed by atoms with E-state index in [1.807, 2.05) is 6.92 Å².